The molecule has 1 aromatic carbocycles. The van der Waals surface area contributed by atoms with Crippen molar-refractivity contribution in [1.29, 1.82) is 0 Å². The number of ether oxygens (including phenoxy) is 3. The number of alkyl halides is 2. The number of nitrogens with one attached hydrogen (secondary N) is 2. The Bertz CT molecular complexity index is 631. The van der Waals surface area contributed by atoms with Crippen molar-refractivity contribution in [3.63, 3.8) is 0 Å². The monoisotopic (exact) mass is 528 g/mol. The molecule has 1 saturated heterocycles. The number of hydrogen-bond donors (Lipinski definition) is 2. The summed E-state index contributed by atoms with van der Waals surface area (Å²) in [4.78, 5) is 6.87. The van der Waals surface area contributed by atoms with Crippen molar-refractivity contribution in [3.05, 3.63) is 23.8 Å². The highest BCUT2D eigenvalue weighted by Gasteiger charge is 2.17. The maximum Gasteiger partial charge on any atom is 0.387 e. The van der Waals surface area contributed by atoms with Crippen molar-refractivity contribution in [2.24, 2.45) is 4.99 Å². The van der Waals surface area contributed by atoms with Crippen LogP contribution in [0.4, 0.5) is 8.78 Å². The summed E-state index contributed by atoms with van der Waals surface area (Å²) in [5.41, 5.74) is 0.526. The van der Waals surface area contributed by atoms with E-state index >= 15 is 0 Å². The molecule has 0 amide bonds. The number of guanidine groups is 1. The van der Waals surface area contributed by atoms with Gasteiger partial charge in [-0.1, -0.05) is 0 Å². The molecule has 1 aliphatic heterocycles. The number of nitrogens with zero attached hydrogens (tertiary/aromatic N) is 2. The Morgan fingerprint density at radius 1 is 1.28 bits per heavy atom. The van der Waals surface area contributed by atoms with E-state index in [2.05, 4.69) is 32.2 Å². The molecule has 0 aromatic heterocycles. The second kappa shape index (κ2) is 13.8. The molecule has 0 spiro atoms. The highest BCUT2D eigenvalue weighted by Crippen LogP contribution is 2.26. The van der Waals surface area contributed by atoms with Gasteiger partial charge in [-0.3, -0.25) is 4.90 Å². The highest BCUT2D eigenvalue weighted by atomic mass is 127. The Kier molecular flexibility index (Phi) is 12.2. The maximum absolute atomic E-state index is 12.7. The van der Waals surface area contributed by atoms with Gasteiger partial charge in [-0.25, -0.2) is 4.99 Å². The van der Waals surface area contributed by atoms with Crippen LogP contribution in [0.5, 0.6) is 11.5 Å². The molecule has 0 radical (unpaired) electrons. The van der Waals surface area contributed by atoms with Crippen molar-refractivity contribution < 1.29 is 23.0 Å². The number of aliphatic imine (C=N–C) groups is 1. The van der Waals surface area contributed by atoms with Gasteiger partial charge in [-0.2, -0.15) is 8.78 Å². The summed E-state index contributed by atoms with van der Waals surface area (Å²) in [7, 11) is 1.52. The van der Waals surface area contributed by atoms with Crippen molar-refractivity contribution in [2.75, 3.05) is 46.5 Å². The summed E-state index contributed by atoms with van der Waals surface area (Å²) in [5, 5.41) is 6.49. The van der Waals surface area contributed by atoms with Gasteiger partial charge in [0.05, 0.1) is 26.9 Å². The van der Waals surface area contributed by atoms with Gasteiger partial charge in [-0.15, -0.1) is 24.0 Å². The summed E-state index contributed by atoms with van der Waals surface area (Å²) < 4.78 is 40.5. The van der Waals surface area contributed by atoms with Crippen LogP contribution in [0.3, 0.4) is 0 Å². The van der Waals surface area contributed by atoms with Crippen molar-refractivity contribution >= 4 is 29.9 Å². The standard InChI is InChI=1S/C19H30F2N4O3.HI/c1-4-22-19(23-12-14(2)25-7-9-27-10-8-25)24-13-15-11-16(26-3)5-6-17(15)28-18(20)21;/h5-6,11,14,18H,4,7-10,12-13H2,1-3H3,(H2,22,23,24);1H. The van der Waals surface area contributed by atoms with E-state index in [4.69, 9.17) is 9.47 Å². The first-order valence-corrected chi connectivity index (χ1v) is 9.49. The van der Waals surface area contributed by atoms with Crippen LogP contribution in [0.25, 0.3) is 0 Å². The fraction of sp³-hybridized carbons (Fsp3) is 0.632. The van der Waals surface area contributed by atoms with Crippen LogP contribution in [0.2, 0.25) is 0 Å². The molecule has 1 atom stereocenters. The van der Waals surface area contributed by atoms with Crippen molar-refractivity contribution in [3.8, 4) is 11.5 Å². The van der Waals surface area contributed by atoms with Crippen LogP contribution >= 0.6 is 24.0 Å². The molecule has 1 aromatic rings. The zero-order chi connectivity index (χ0) is 20.4. The van der Waals surface area contributed by atoms with Gasteiger partial charge in [0.15, 0.2) is 5.96 Å². The smallest absolute Gasteiger partial charge is 0.387 e. The van der Waals surface area contributed by atoms with Gasteiger partial charge >= 0.3 is 6.61 Å². The molecule has 1 fully saturated rings. The lowest BCUT2D eigenvalue weighted by Gasteiger charge is -2.32. The number of morpholine rings is 1. The van der Waals surface area contributed by atoms with Crippen LogP contribution < -0.4 is 20.1 Å². The molecule has 0 aliphatic carbocycles. The number of rotatable bonds is 9. The minimum Gasteiger partial charge on any atom is -0.497 e. The first-order valence-electron chi connectivity index (χ1n) is 9.49. The van der Waals surface area contributed by atoms with E-state index in [1.807, 2.05) is 6.92 Å². The third kappa shape index (κ3) is 8.87. The van der Waals surface area contributed by atoms with E-state index in [1.54, 1.807) is 12.1 Å². The summed E-state index contributed by atoms with van der Waals surface area (Å²) in [6.45, 7) is 6.14. The van der Waals surface area contributed by atoms with E-state index < -0.39 is 6.61 Å². The van der Waals surface area contributed by atoms with Crippen LogP contribution in [-0.2, 0) is 11.3 Å². The lowest BCUT2D eigenvalue weighted by Crippen LogP contribution is -2.49. The number of halogens is 3. The Morgan fingerprint density at radius 2 is 2.00 bits per heavy atom. The molecule has 2 rings (SSSR count). The zero-order valence-electron chi connectivity index (χ0n) is 17.1. The molecule has 166 valence electrons. The third-order valence-electron chi connectivity index (χ3n) is 4.47. The quantitative estimate of drug-likeness (QED) is 0.292. The number of hydrogen-bond acceptors (Lipinski definition) is 5. The molecule has 0 bridgehead atoms. The van der Waals surface area contributed by atoms with Gasteiger partial charge in [0, 0.05) is 37.8 Å². The second-order valence-corrected chi connectivity index (χ2v) is 6.43. The maximum atomic E-state index is 12.7. The van der Waals surface area contributed by atoms with Gasteiger partial charge in [0.25, 0.3) is 0 Å². The van der Waals surface area contributed by atoms with Crippen LogP contribution in [0.1, 0.15) is 19.4 Å². The average molecular weight is 528 g/mol. The Morgan fingerprint density at radius 3 is 2.62 bits per heavy atom. The van der Waals surface area contributed by atoms with Crippen molar-refractivity contribution in [2.45, 2.75) is 33.0 Å². The molecule has 7 nitrogen and oxygen atoms in total. The number of methoxy groups -OCH3 is 1. The third-order valence-corrected chi connectivity index (χ3v) is 4.47. The summed E-state index contributed by atoms with van der Waals surface area (Å²) >= 11 is 0. The molecular weight excluding hydrogens is 497 g/mol. The molecular formula is C19H31F2IN4O3. The Balaban J connectivity index is 0.00000420. The minimum absolute atomic E-state index is 0. The SMILES string of the molecule is CCNC(=NCc1cc(OC)ccc1OC(F)F)NCC(C)N1CCOCC1.I. The molecule has 0 saturated carbocycles. The van der Waals surface area contributed by atoms with E-state index in [0.717, 1.165) is 26.3 Å². The molecule has 1 aliphatic rings. The molecule has 1 heterocycles. The topological polar surface area (TPSA) is 67.4 Å². The van der Waals surface area contributed by atoms with E-state index in [0.29, 0.717) is 36.4 Å². The summed E-state index contributed by atoms with van der Waals surface area (Å²) in [5.74, 6) is 1.27. The van der Waals surface area contributed by atoms with Crippen LogP contribution in [-0.4, -0.2) is 70.0 Å². The predicted molar refractivity (Wildman–Crippen MR) is 120 cm³/mol. The molecule has 29 heavy (non-hydrogen) atoms. The van der Waals surface area contributed by atoms with Crippen LogP contribution in [0, 0.1) is 0 Å². The van der Waals surface area contributed by atoms with E-state index in [1.165, 1.54) is 13.2 Å². The molecule has 10 heteroatoms. The van der Waals surface area contributed by atoms with Crippen molar-refractivity contribution in [1.82, 2.24) is 15.5 Å². The highest BCUT2D eigenvalue weighted by molar-refractivity contribution is 14.0. The lowest BCUT2D eigenvalue weighted by molar-refractivity contribution is -0.0504. The summed E-state index contributed by atoms with van der Waals surface area (Å²) in [6.07, 6.45) is 0. The largest absolute Gasteiger partial charge is 0.497 e. The zero-order valence-corrected chi connectivity index (χ0v) is 19.5. The molecule has 2 N–H and O–H groups in total. The summed E-state index contributed by atoms with van der Waals surface area (Å²) in [6, 6.07) is 5.03. The normalized spacial score (nSPS) is 16.1. The van der Waals surface area contributed by atoms with Crippen LogP contribution in [0.15, 0.2) is 23.2 Å². The number of benzene rings is 1. The predicted octanol–water partition coefficient (Wildman–Crippen LogP) is 2.69. The van der Waals surface area contributed by atoms with Gasteiger partial charge in [0.2, 0.25) is 0 Å². The average Bonchev–Trinajstić information content (AvgIpc) is 2.71. The fourth-order valence-corrected chi connectivity index (χ4v) is 2.92. The first kappa shape index (κ1) is 25.6. The lowest BCUT2D eigenvalue weighted by atomic mass is 10.2. The molecule has 1 unspecified atom stereocenters. The minimum atomic E-state index is -2.89. The van der Waals surface area contributed by atoms with E-state index in [-0.39, 0.29) is 36.3 Å². The fourth-order valence-electron chi connectivity index (χ4n) is 2.92. The van der Waals surface area contributed by atoms with Gasteiger partial charge < -0.3 is 24.8 Å². The van der Waals surface area contributed by atoms with Gasteiger partial charge in [-0.05, 0) is 32.0 Å². The van der Waals surface area contributed by atoms with Gasteiger partial charge in [0.1, 0.15) is 11.5 Å². The Hall–Kier alpha value is -1.40. The Labute approximate surface area is 188 Å². The second-order valence-electron chi connectivity index (χ2n) is 6.43. The first-order chi connectivity index (χ1) is 13.5. The van der Waals surface area contributed by atoms with E-state index in [9.17, 15) is 8.78 Å².